The SMILES string of the molecule is Cc1cc(O)cc(C)c1[C@@H](N)CCCCN.Cl. The minimum atomic E-state index is 0. The van der Waals surface area contributed by atoms with Crippen LogP contribution >= 0.6 is 12.4 Å². The van der Waals surface area contributed by atoms with E-state index in [-0.39, 0.29) is 18.4 Å². The van der Waals surface area contributed by atoms with E-state index in [0.717, 1.165) is 42.5 Å². The first kappa shape index (κ1) is 16.2. The Balaban J connectivity index is 0.00000256. The molecule has 1 rings (SSSR count). The average molecular weight is 259 g/mol. The zero-order valence-electron chi connectivity index (χ0n) is 10.6. The highest BCUT2D eigenvalue weighted by molar-refractivity contribution is 5.85. The Kier molecular flexibility index (Phi) is 7.19. The molecule has 0 radical (unpaired) electrons. The van der Waals surface area contributed by atoms with E-state index in [1.165, 1.54) is 0 Å². The van der Waals surface area contributed by atoms with Gasteiger partial charge in [-0.3, -0.25) is 0 Å². The predicted octanol–water partition coefficient (Wildman–Crippen LogP) is 2.56. The molecule has 0 saturated heterocycles. The van der Waals surface area contributed by atoms with Crippen LogP contribution in [0.2, 0.25) is 0 Å². The standard InChI is InChI=1S/C13H22N2O.ClH/c1-9-7-11(16)8-10(2)13(9)12(15)5-3-4-6-14;/h7-8,12,16H,3-6,14-15H2,1-2H3;1H/t12-;/m0./s1. The Morgan fingerprint density at radius 3 is 2.18 bits per heavy atom. The number of hydrogen-bond acceptors (Lipinski definition) is 3. The van der Waals surface area contributed by atoms with Crippen LogP contribution in [0.3, 0.4) is 0 Å². The lowest BCUT2D eigenvalue weighted by Gasteiger charge is -2.17. The van der Waals surface area contributed by atoms with Gasteiger partial charge in [0.2, 0.25) is 0 Å². The molecular weight excluding hydrogens is 236 g/mol. The van der Waals surface area contributed by atoms with Crippen LogP contribution in [0.25, 0.3) is 0 Å². The highest BCUT2D eigenvalue weighted by Crippen LogP contribution is 2.27. The third-order valence-electron chi connectivity index (χ3n) is 2.92. The molecule has 0 aromatic heterocycles. The number of phenolic OH excluding ortho intramolecular Hbond substituents is 1. The Morgan fingerprint density at radius 2 is 1.71 bits per heavy atom. The smallest absolute Gasteiger partial charge is 0.116 e. The number of benzene rings is 1. The van der Waals surface area contributed by atoms with Gasteiger partial charge in [0.25, 0.3) is 0 Å². The zero-order valence-corrected chi connectivity index (χ0v) is 11.4. The zero-order chi connectivity index (χ0) is 12.1. The van der Waals surface area contributed by atoms with Gasteiger partial charge in [0.15, 0.2) is 0 Å². The Labute approximate surface area is 110 Å². The third-order valence-corrected chi connectivity index (χ3v) is 2.92. The monoisotopic (exact) mass is 258 g/mol. The number of aryl methyl sites for hydroxylation is 2. The molecular formula is C13H23ClN2O. The Morgan fingerprint density at radius 1 is 1.18 bits per heavy atom. The number of aromatic hydroxyl groups is 1. The molecule has 3 nitrogen and oxygen atoms in total. The fourth-order valence-corrected chi connectivity index (χ4v) is 2.19. The molecule has 1 aromatic carbocycles. The number of nitrogens with two attached hydrogens (primary N) is 2. The summed E-state index contributed by atoms with van der Waals surface area (Å²) in [7, 11) is 0. The van der Waals surface area contributed by atoms with Gasteiger partial charge in [-0.25, -0.2) is 0 Å². The molecule has 0 aliphatic heterocycles. The number of rotatable bonds is 5. The molecule has 0 saturated carbocycles. The van der Waals surface area contributed by atoms with E-state index in [2.05, 4.69) is 0 Å². The second-order valence-electron chi connectivity index (χ2n) is 4.38. The van der Waals surface area contributed by atoms with Gasteiger partial charge in [-0.05, 0) is 62.1 Å². The molecule has 1 atom stereocenters. The highest BCUT2D eigenvalue weighted by Gasteiger charge is 2.12. The normalized spacial score (nSPS) is 12.0. The molecule has 0 unspecified atom stereocenters. The first-order valence-corrected chi connectivity index (χ1v) is 5.82. The summed E-state index contributed by atoms with van der Waals surface area (Å²) in [6.07, 6.45) is 3.02. The van der Waals surface area contributed by atoms with Crippen molar-refractivity contribution >= 4 is 12.4 Å². The Hall–Kier alpha value is -0.770. The fraction of sp³-hybridized carbons (Fsp3) is 0.538. The van der Waals surface area contributed by atoms with E-state index >= 15 is 0 Å². The molecule has 0 aliphatic rings. The van der Waals surface area contributed by atoms with Gasteiger partial charge < -0.3 is 16.6 Å². The Bertz CT molecular complexity index is 332. The van der Waals surface area contributed by atoms with E-state index in [1.54, 1.807) is 12.1 Å². The van der Waals surface area contributed by atoms with Crippen molar-refractivity contribution in [3.8, 4) is 5.75 Å². The molecule has 1 aromatic rings. The summed E-state index contributed by atoms with van der Waals surface area (Å²) in [4.78, 5) is 0. The van der Waals surface area contributed by atoms with Crippen LogP contribution in [0.4, 0.5) is 0 Å². The molecule has 0 bridgehead atoms. The number of hydrogen-bond donors (Lipinski definition) is 3. The largest absolute Gasteiger partial charge is 0.508 e. The molecule has 98 valence electrons. The van der Waals surface area contributed by atoms with Gasteiger partial charge in [-0.1, -0.05) is 6.42 Å². The lowest BCUT2D eigenvalue weighted by Crippen LogP contribution is -2.14. The summed E-state index contributed by atoms with van der Waals surface area (Å²) in [5.74, 6) is 0.313. The quantitative estimate of drug-likeness (QED) is 0.711. The fourth-order valence-electron chi connectivity index (χ4n) is 2.19. The van der Waals surface area contributed by atoms with E-state index in [9.17, 15) is 5.11 Å². The summed E-state index contributed by atoms with van der Waals surface area (Å²) in [6.45, 7) is 4.70. The van der Waals surface area contributed by atoms with Gasteiger partial charge in [-0.2, -0.15) is 0 Å². The van der Waals surface area contributed by atoms with E-state index in [1.807, 2.05) is 13.8 Å². The second kappa shape index (κ2) is 7.54. The van der Waals surface area contributed by atoms with Crippen molar-refractivity contribution in [1.29, 1.82) is 0 Å². The molecule has 0 spiro atoms. The van der Waals surface area contributed by atoms with Crippen LogP contribution in [0.15, 0.2) is 12.1 Å². The lowest BCUT2D eigenvalue weighted by molar-refractivity contribution is 0.473. The van der Waals surface area contributed by atoms with Crippen molar-refractivity contribution in [3.63, 3.8) is 0 Å². The van der Waals surface area contributed by atoms with Crippen LogP contribution in [0.5, 0.6) is 5.75 Å². The molecule has 0 fully saturated rings. The van der Waals surface area contributed by atoms with Crippen LogP contribution < -0.4 is 11.5 Å². The van der Waals surface area contributed by atoms with Crippen molar-refractivity contribution in [2.45, 2.75) is 39.2 Å². The van der Waals surface area contributed by atoms with Crippen LogP contribution in [0.1, 0.15) is 42.0 Å². The van der Waals surface area contributed by atoms with Crippen LogP contribution in [0, 0.1) is 13.8 Å². The van der Waals surface area contributed by atoms with Crippen molar-refractivity contribution in [2.24, 2.45) is 11.5 Å². The van der Waals surface area contributed by atoms with E-state index < -0.39 is 0 Å². The molecule has 5 N–H and O–H groups in total. The van der Waals surface area contributed by atoms with Crippen molar-refractivity contribution in [3.05, 3.63) is 28.8 Å². The number of halogens is 1. The van der Waals surface area contributed by atoms with Gasteiger partial charge >= 0.3 is 0 Å². The highest BCUT2D eigenvalue weighted by atomic mass is 35.5. The lowest BCUT2D eigenvalue weighted by atomic mass is 9.93. The van der Waals surface area contributed by atoms with Crippen molar-refractivity contribution in [1.82, 2.24) is 0 Å². The maximum absolute atomic E-state index is 9.46. The van der Waals surface area contributed by atoms with Gasteiger partial charge in [-0.15, -0.1) is 12.4 Å². The van der Waals surface area contributed by atoms with Gasteiger partial charge in [0, 0.05) is 6.04 Å². The van der Waals surface area contributed by atoms with Crippen molar-refractivity contribution < 1.29 is 5.11 Å². The molecule has 17 heavy (non-hydrogen) atoms. The third kappa shape index (κ3) is 4.54. The van der Waals surface area contributed by atoms with Gasteiger partial charge in [0.05, 0.1) is 0 Å². The van der Waals surface area contributed by atoms with Crippen LogP contribution in [-0.2, 0) is 0 Å². The molecule has 0 amide bonds. The summed E-state index contributed by atoms with van der Waals surface area (Å²) < 4.78 is 0. The molecule has 0 aliphatic carbocycles. The summed E-state index contributed by atoms with van der Waals surface area (Å²) in [5, 5.41) is 9.46. The first-order valence-electron chi connectivity index (χ1n) is 5.82. The number of phenols is 1. The minimum Gasteiger partial charge on any atom is -0.508 e. The number of unbranched alkanes of at least 4 members (excludes halogenated alkanes) is 1. The summed E-state index contributed by atoms with van der Waals surface area (Å²) >= 11 is 0. The minimum absolute atomic E-state index is 0. The van der Waals surface area contributed by atoms with E-state index in [0.29, 0.717) is 5.75 Å². The molecule has 4 heteroatoms. The summed E-state index contributed by atoms with van der Waals surface area (Å²) in [5.41, 5.74) is 14.9. The average Bonchev–Trinajstić information content (AvgIpc) is 2.16. The maximum Gasteiger partial charge on any atom is 0.116 e. The second-order valence-corrected chi connectivity index (χ2v) is 4.38. The molecule has 0 heterocycles. The van der Waals surface area contributed by atoms with Crippen LogP contribution in [-0.4, -0.2) is 11.7 Å². The maximum atomic E-state index is 9.46. The van der Waals surface area contributed by atoms with E-state index in [4.69, 9.17) is 11.5 Å². The van der Waals surface area contributed by atoms with Gasteiger partial charge in [0.1, 0.15) is 5.75 Å². The summed E-state index contributed by atoms with van der Waals surface area (Å²) in [6, 6.07) is 3.59. The van der Waals surface area contributed by atoms with Crippen molar-refractivity contribution in [2.75, 3.05) is 6.54 Å². The topological polar surface area (TPSA) is 72.3 Å². The predicted molar refractivity (Wildman–Crippen MR) is 74.7 cm³/mol. The first-order chi connectivity index (χ1) is 7.56.